The maximum atomic E-state index is 13.4. The number of amides is 1. The van der Waals surface area contributed by atoms with Crippen molar-refractivity contribution in [3.63, 3.8) is 0 Å². The highest BCUT2D eigenvalue weighted by molar-refractivity contribution is 6.07. The Morgan fingerprint density at radius 3 is 2.68 bits per heavy atom. The van der Waals surface area contributed by atoms with E-state index in [0.29, 0.717) is 47.5 Å². The largest absolute Gasteiger partial charge is 0.490 e. The van der Waals surface area contributed by atoms with Gasteiger partial charge in [0.2, 0.25) is 0 Å². The highest BCUT2D eigenvalue weighted by Gasteiger charge is 2.15. The van der Waals surface area contributed by atoms with Gasteiger partial charge in [-0.05, 0) is 42.5 Å². The van der Waals surface area contributed by atoms with Crippen LogP contribution in [0.5, 0.6) is 11.5 Å². The summed E-state index contributed by atoms with van der Waals surface area (Å²) in [5.74, 6) is 0.866. The summed E-state index contributed by atoms with van der Waals surface area (Å²) >= 11 is 0. The van der Waals surface area contributed by atoms with Crippen molar-refractivity contribution in [1.82, 2.24) is 4.98 Å². The molecule has 0 saturated carbocycles. The number of hydrogen-bond donors (Lipinski definition) is 2. The Morgan fingerprint density at radius 1 is 0.964 bits per heavy atom. The molecule has 4 rings (SSSR count). The number of hydrogen-bond acceptors (Lipinski definition) is 5. The van der Waals surface area contributed by atoms with Gasteiger partial charge in [0.25, 0.3) is 5.91 Å². The fourth-order valence-electron chi connectivity index (χ4n) is 2.83. The molecule has 3 aromatic rings. The molecule has 28 heavy (non-hydrogen) atoms. The Balaban J connectivity index is 1.55. The SMILES string of the molecule is O=C(Nc1ccc2c(c1)OCCCO2)c1cccnc1Nc1cccc(F)c1. The van der Waals surface area contributed by atoms with Crippen LogP contribution in [-0.4, -0.2) is 24.1 Å². The van der Waals surface area contributed by atoms with E-state index in [0.717, 1.165) is 6.42 Å². The Kier molecular flexibility index (Phi) is 5.05. The smallest absolute Gasteiger partial charge is 0.259 e. The van der Waals surface area contributed by atoms with Crippen molar-refractivity contribution in [3.05, 3.63) is 72.2 Å². The average molecular weight is 379 g/mol. The van der Waals surface area contributed by atoms with E-state index < -0.39 is 0 Å². The average Bonchev–Trinajstić information content (AvgIpc) is 2.93. The topological polar surface area (TPSA) is 72.5 Å². The number of halogens is 1. The number of benzene rings is 2. The Bertz CT molecular complexity index is 1010. The van der Waals surface area contributed by atoms with Crippen LogP contribution in [0.3, 0.4) is 0 Å². The lowest BCUT2D eigenvalue weighted by molar-refractivity contribution is 0.102. The van der Waals surface area contributed by atoms with Crippen molar-refractivity contribution < 1.29 is 18.7 Å². The first-order valence-corrected chi connectivity index (χ1v) is 8.88. The van der Waals surface area contributed by atoms with Gasteiger partial charge in [0, 0.05) is 30.1 Å². The molecule has 0 unspecified atom stereocenters. The summed E-state index contributed by atoms with van der Waals surface area (Å²) < 4.78 is 24.7. The normalized spacial score (nSPS) is 12.8. The highest BCUT2D eigenvalue weighted by Crippen LogP contribution is 2.32. The van der Waals surface area contributed by atoms with Crippen LogP contribution in [-0.2, 0) is 0 Å². The van der Waals surface area contributed by atoms with E-state index in [2.05, 4.69) is 15.6 Å². The van der Waals surface area contributed by atoms with E-state index in [1.807, 2.05) is 0 Å². The summed E-state index contributed by atoms with van der Waals surface area (Å²) in [5.41, 5.74) is 1.41. The Morgan fingerprint density at radius 2 is 1.82 bits per heavy atom. The first-order valence-electron chi connectivity index (χ1n) is 8.88. The zero-order chi connectivity index (χ0) is 19.3. The summed E-state index contributed by atoms with van der Waals surface area (Å²) in [5, 5.41) is 5.82. The molecule has 0 aliphatic carbocycles. The predicted molar refractivity (Wildman–Crippen MR) is 104 cm³/mol. The van der Waals surface area contributed by atoms with E-state index in [1.165, 1.54) is 12.1 Å². The molecule has 2 heterocycles. The highest BCUT2D eigenvalue weighted by atomic mass is 19.1. The third-order valence-electron chi connectivity index (χ3n) is 4.15. The van der Waals surface area contributed by atoms with Gasteiger partial charge in [-0.2, -0.15) is 0 Å². The second-order valence-electron chi connectivity index (χ2n) is 6.20. The molecular weight excluding hydrogens is 361 g/mol. The second-order valence-corrected chi connectivity index (χ2v) is 6.20. The number of carbonyl (C=O) groups excluding carboxylic acids is 1. The van der Waals surface area contributed by atoms with Crippen LogP contribution in [0.15, 0.2) is 60.8 Å². The molecule has 0 fully saturated rings. The minimum absolute atomic E-state index is 0.332. The zero-order valence-corrected chi connectivity index (χ0v) is 14.9. The van der Waals surface area contributed by atoms with Crippen molar-refractivity contribution in [2.24, 2.45) is 0 Å². The van der Waals surface area contributed by atoms with Gasteiger partial charge < -0.3 is 20.1 Å². The molecule has 2 aromatic carbocycles. The first kappa shape index (κ1) is 17.8. The van der Waals surface area contributed by atoms with Gasteiger partial charge in [0.1, 0.15) is 11.6 Å². The lowest BCUT2D eigenvalue weighted by atomic mass is 10.2. The maximum Gasteiger partial charge on any atom is 0.259 e. The summed E-state index contributed by atoms with van der Waals surface area (Å²) in [6, 6.07) is 14.5. The number of rotatable bonds is 4. The number of ether oxygens (including phenoxy) is 2. The third kappa shape index (κ3) is 4.03. The molecule has 2 N–H and O–H groups in total. The molecule has 0 spiro atoms. The van der Waals surface area contributed by atoms with Crippen LogP contribution < -0.4 is 20.1 Å². The van der Waals surface area contributed by atoms with Gasteiger partial charge in [0.05, 0.1) is 18.8 Å². The molecule has 1 aromatic heterocycles. The van der Waals surface area contributed by atoms with Gasteiger partial charge in [0.15, 0.2) is 11.5 Å². The summed E-state index contributed by atoms with van der Waals surface area (Å²) in [4.78, 5) is 17.0. The molecule has 6 nitrogen and oxygen atoms in total. The van der Waals surface area contributed by atoms with E-state index in [9.17, 15) is 9.18 Å². The Labute approximate surface area is 161 Å². The summed E-state index contributed by atoms with van der Waals surface area (Å²) in [6.45, 7) is 1.16. The molecule has 142 valence electrons. The zero-order valence-electron chi connectivity index (χ0n) is 14.9. The lowest BCUT2D eigenvalue weighted by Crippen LogP contribution is -2.14. The minimum atomic E-state index is -0.376. The number of fused-ring (bicyclic) bond motifs is 1. The molecule has 1 aliphatic heterocycles. The fourth-order valence-corrected chi connectivity index (χ4v) is 2.83. The van der Waals surface area contributed by atoms with Crippen LogP contribution >= 0.6 is 0 Å². The van der Waals surface area contributed by atoms with Crippen LogP contribution in [0.4, 0.5) is 21.6 Å². The van der Waals surface area contributed by atoms with E-state index >= 15 is 0 Å². The van der Waals surface area contributed by atoms with E-state index in [1.54, 1.807) is 48.7 Å². The van der Waals surface area contributed by atoms with Crippen molar-refractivity contribution >= 4 is 23.1 Å². The van der Waals surface area contributed by atoms with Crippen molar-refractivity contribution in [1.29, 1.82) is 0 Å². The lowest BCUT2D eigenvalue weighted by Gasteiger charge is -2.13. The first-order chi connectivity index (χ1) is 13.7. The number of nitrogens with zero attached hydrogens (tertiary/aromatic N) is 1. The predicted octanol–water partition coefficient (Wildman–Crippen LogP) is 4.38. The van der Waals surface area contributed by atoms with Crippen LogP contribution in [0.25, 0.3) is 0 Å². The fraction of sp³-hybridized carbons (Fsp3) is 0.143. The van der Waals surface area contributed by atoms with Gasteiger partial charge >= 0.3 is 0 Å². The number of nitrogens with one attached hydrogen (secondary N) is 2. The molecule has 1 aliphatic rings. The van der Waals surface area contributed by atoms with Crippen molar-refractivity contribution in [2.45, 2.75) is 6.42 Å². The standard InChI is InChI=1S/C21H18FN3O3/c22-14-4-1-5-15(12-14)24-20-17(6-2-9-23-20)21(26)25-16-7-8-18-19(13-16)28-11-3-10-27-18/h1-2,4-9,12-13H,3,10-11H2,(H,23,24)(H,25,26). The Hall–Kier alpha value is -3.61. The summed E-state index contributed by atoms with van der Waals surface area (Å²) in [6.07, 6.45) is 2.37. The minimum Gasteiger partial charge on any atom is -0.490 e. The van der Waals surface area contributed by atoms with Crippen molar-refractivity contribution in [2.75, 3.05) is 23.8 Å². The van der Waals surface area contributed by atoms with Crippen molar-refractivity contribution in [3.8, 4) is 11.5 Å². The third-order valence-corrected chi connectivity index (χ3v) is 4.15. The van der Waals surface area contributed by atoms with E-state index in [-0.39, 0.29) is 11.7 Å². The molecule has 7 heteroatoms. The summed E-state index contributed by atoms with van der Waals surface area (Å²) in [7, 11) is 0. The molecular formula is C21H18FN3O3. The number of anilines is 3. The van der Waals surface area contributed by atoms with Gasteiger partial charge in [-0.25, -0.2) is 9.37 Å². The molecule has 0 saturated heterocycles. The monoisotopic (exact) mass is 379 g/mol. The molecule has 1 amide bonds. The van der Waals surface area contributed by atoms with Gasteiger partial charge in [-0.15, -0.1) is 0 Å². The quantitative estimate of drug-likeness (QED) is 0.704. The number of aromatic nitrogens is 1. The second kappa shape index (κ2) is 7.96. The molecule has 0 bridgehead atoms. The van der Waals surface area contributed by atoms with Crippen LogP contribution in [0.2, 0.25) is 0 Å². The van der Waals surface area contributed by atoms with Gasteiger partial charge in [-0.3, -0.25) is 4.79 Å². The number of carbonyl (C=O) groups is 1. The van der Waals surface area contributed by atoms with Crippen LogP contribution in [0.1, 0.15) is 16.8 Å². The number of pyridine rings is 1. The van der Waals surface area contributed by atoms with E-state index in [4.69, 9.17) is 9.47 Å². The molecule has 0 atom stereocenters. The van der Waals surface area contributed by atoms with Gasteiger partial charge in [-0.1, -0.05) is 6.07 Å². The maximum absolute atomic E-state index is 13.4. The van der Waals surface area contributed by atoms with Crippen LogP contribution in [0, 0.1) is 5.82 Å². The molecule has 0 radical (unpaired) electrons.